The second kappa shape index (κ2) is 6.74. The molecule has 0 bridgehead atoms. The number of anilines is 2. The summed E-state index contributed by atoms with van der Waals surface area (Å²) in [6.07, 6.45) is 0. The molecule has 1 N–H and O–H groups in total. The minimum atomic E-state index is 0.108. The van der Waals surface area contributed by atoms with Crippen LogP contribution in [0.5, 0.6) is 11.5 Å². The Labute approximate surface area is 169 Å². The number of rotatable bonds is 2. The lowest BCUT2D eigenvalue weighted by Gasteiger charge is -2.26. The van der Waals surface area contributed by atoms with Crippen molar-refractivity contribution in [1.82, 2.24) is 0 Å². The van der Waals surface area contributed by atoms with Crippen molar-refractivity contribution in [2.24, 2.45) is 0 Å². The predicted molar refractivity (Wildman–Crippen MR) is 121 cm³/mol. The van der Waals surface area contributed by atoms with E-state index in [-0.39, 0.29) is 5.41 Å². The number of ether oxygens (including phenoxy) is 1. The maximum Gasteiger partial charge on any atom is 0.204 e. The van der Waals surface area contributed by atoms with Crippen molar-refractivity contribution in [1.29, 1.82) is 0 Å². The van der Waals surface area contributed by atoms with Crippen LogP contribution in [0.3, 0.4) is 0 Å². The van der Waals surface area contributed by atoms with E-state index in [1.54, 1.807) is 0 Å². The van der Waals surface area contributed by atoms with Gasteiger partial charge in [0.05, 0.1) is 0 Å². The molecule has 1 radical (unpaired) electrons. The molecule has 4 rings (SSSR count). The van der Waals surface area contributed by atoms with Crippen LogP contribution in [0.15, 0.2) is 48.5 Å². The van der Waals surface area contributed by atoms with E-state index in [2.05, 4.69) is 103 Å². The van der Waals surface area contributed by atoms with Crippen molar-refractivity contribution in [3.63, 3.8) is 0 Å². The molecular weight excluding hydrogens is 341 g/mol. The highest BCUT2D eigenvalue weighted by Gasteiger charge is 2.24. The van der Waals surface area contributed by atoms with Crippen molar-refractivity contribution in [3.8, 4) is 11.5 Å². The molecule has 0 fully saturated rings. The monoisotopic (exact) mass is 368 g/mol. The van der Waals surface area contributed by atoms with E-state index in [1.807, 2.05) is 0 Å². The number of hydrogen-bond donors (Lipinski definition) is 1. The number of fused-ring (bicyclic) bond motifs is 2. The first-order valence-corrected chi connectivity index (χ1v) is 9.86. The highest BCUT2D eigenvalue weighted by atomic mass is 16.5. The van der Waals surface area contributed by atoms with Gasteiger partial charge in [-0.2, -0.15) is 0 Å². The van der Waals surface area contributed by atoms with Crippen LogP contribution in [0.2, 0.25) is 0 Å². The SMILES string of the molecule is Cc1cc(C)cc(Nc2cc(C)cc3c2[B]c2cc(C(C)(C)C)ccc2O3)c1. The molecule has 141 valence electrons. The van der Waals surface area contributed by atoms with Crippen molar-refractivity contribution >= 4 is 29.6 Å². The average molecular weight is 368 g/mol. The standard InChI is InChI=1S/C25H27BNO/c1-15-9-16(2)11-19(10-15)27-21-12-17(3)13-23-24(21)26-20-14-18(25(4,5)6)7-8-22(20)28-23/h7-14,27H,1-6H3. The van der Waals surface area contributed by atoms with Gasteiger partial charge in [0, 0.05) is 11.4 Å². The summed E-state index contributed by atoms with van der Waals surface area (Å²) in [6.45, 7) is 13.1. The largest absolute Gasteiger partial charge is 0.458 e. The summed E-state index contributed by atoms with van der Waals surface area (Å²) in [5.74, 6) is 1.83. The molecule has 0 spiro atoms. The molecule has 0 aromatic heterocycles. The highest BCUT2D eigenvalue weighted by Crippen LogP contribution is 2.30. The van der Waals surface area contributed by atoms with Gasteiger partial charge in [-0.15, -0.1) is 0 Å². The fourth-order valence-electron chi connectivity index (χ4n) is 3.80. The normalized spacial score (nSPS) is 12.5. The summed E-state index contributed by atoms with van der Waals surface area (Å²) in [4.78, 5) is 0. The fraction of sp³-hybridized carbons (Fsp3) is 0.280. The second-order valence-corrected chi connectivity index (χ2v) is 8.97. The van der Waals surface area contributed by atoms with Gasteiger partial charge >= 0.3 is 0 Å². The Kier molecular flexibility index (Phi) is 4.49. The van der Waals surface area contributed by atoms with Crippen LogP contribution in [0, 0.1) is 20.8 Å². The first-order valence-electron chi connectivity index (χ1n) is 9.86. The Hall–Kier alpha value is -2.68. The quantitative estimate of drug-likeness (QED) is 0.478. The van der Waals surface area contributed by atoms with Crippen LogP contribution >= 0.6 is 0 Å². The molecule has 1 aliphatic rings. The maximum atomic E-state index is 6.28. The van der Waals surface area contributed by atoms with Gasteiger partial charge in [0.25, 0.3) is 0 Å². The number of nitrogens with one attached hydrogen (secondary N) is 1. The Morgan fingerprint density at radius 3 is 2.14 bits per heavy atom. The summed E-state index contributed by atoms with van der Waals surface area (Å²) >= 11 is 0. The van der Waals surface area contributed by atoms with Crippen LogP contribution in [0.4, 0.5) is 11.4 Å². The Morgan fingerprint density at radius 2 is 1.46 bits per heavy atom. The molecule has 28 heavy (non-hydrogen) atoms. The molecule has 2 nitrogen and oxygen atoms in total. The van der Waals surface area contributed by atoms with Gasteiger partial charge in [-0.05, 0) is 89.7 Å². The first kappa shape index (κ1) is 18.7. The minimum absolute atomic E-state index is 0.108. The van der Waals surface area contributed by atoms with Crippen LogP contribution in [0.25, 0.3) is 0 Å². The molecule has 0 saturated carbocycles. The summed E-state index contributed by atoms with van der Waals surface area (Å²) in [6, 6.07) is 17.4. The van der Waals surface area contributed by atoms with Crippen LogP contribution < -0.4 is 21.0 Å². The lowest BCUT2D eigenvalue weighted by Crippen LogP contribution is -2.36. The lowest BCUT2D eigenvalue weighted by molar-refractivity contribution is 0.486. The summed E-state index contributed by atoms with van der Waals surface area (Å²) in [5, 5.41) is 3.62. The molecule has 1 heterocycles. The van der Waals surface area contributed by atoms with E-state index in [1.165, 1.54) is 22.3 Å². The molecule has 0 unspecified atom stereocenters. The average Bonchev–Trinajstić information content (AvgIpc) is 2.58. The van der Waals surface area contributed by atoms with Crippen molar-refractivity contribution in [2.45, 2.75) is 47.0 Å². The van der Waals surface area contributed by atoms with E-state index in [0.29, 0.717) is 0 Å². The van der Waals surface area contributed by atoms with E-state index in [4.69, 9.17) is 4.74 Å². The Bertz CT molecular complexity index is 1040. The molecule has 0 aliphatic carbocycles. The molecule has 0 atom stereocenters. The predicted octanol–water partition coefficient (Wildman–Crippen LogP) is 5.41. The summed E-state index contributed by atoms with van der Waals surface area (Å²) in [7, 11) is 2.24. The van der Waals surface area contributed by atoms with Crippen molar-refractivity contribution in [3.05, 3.63) is 70.8 Å². The van der Waals surface area contributed by atoms with Gasteiger partial charge in [-0.25, -0.2) is 0 Å². The van der Waals surface area contributed by atoms with Crippen LogP contribution in [-0.2, 0) is 5.41 Å². The van der Waals surface area contributed by atoms with Gasteiger partial charge in [-0.1, -0.05) is 39.0 Å². The number of hydrogen-bond acceptors (Lipinski definition) is 2. The van der Waals surface area contributed by atoms with Crippen molar-refractivity contribution in [2.75, 3.05) is 5.32 Å². The van der Waals surface area contributed by atoms with Gasteiger partial charge in [0.2, 0.25) is 7.28 Å². The first-order chi connectivity index (χ1) is 13.2. The smallest absolute Gasteiger partial charge is 0.204 e. The fourth-order valence-corrected chi connectivity index (χ4v) is 3.80. The van der Waals surface area contributed by atoms with Gasteiger partial charge in [0.1, 0.15) is 11.5 Å². The molecule has 0 saturated heterocycles. The number of benzene rings is 3. The molecule has 0 amide bonds. The molecule has 3 aromatic rings. The molecule has 3 heteroatoms. The zero-order valence-corrected chi connectivity index (χ0v) is 17.6. The molecule has 3 aromatic carbocycles. The van der Waals surface area contributed by atoms with Gasteiger partial charge in [-0.3, -0.25) is 0 Å². The number of aryl methyl sites for hydroxylation is 3. The molecular formula is C25H27BNO. The van der Waals surface area contributed by atoms with Gasteiger partial charge < -0.3 is 10.1 Å². The van der Waals surface area contributed by atoms with Crippen LogP contribution in [0.1, 0.15) is 43.0 Å². The van der Waals surface area contributed by atoms with Crippen LogP contribution in [-0.4, -0.2) is 7.28 Å². The van der Waals surface area contributed by atoms with E-state index < -0.39 is 0 Å². The summed E-state index contributed by atoms with van der Waals surface area (Å²) in [5.41, 5.74) is 9.51. The zero-order valence-electron chi connectivity index (χ0n) is 17.6. The maximum absolute atomic E-state index is 6.28. The Balaban J connectivity index is 1.75. The highest BCUT2D eigenvalue weighted by molar-refractivity contribution is 6.71. The van der Waals surface area contributed by atoms with E-state index >= 15 is 0 Å². The van der Waals surface area contributed by atoms with E-state index in [9.17, 15) is 0 Å². The lowest BCUT2D eigenvalue weighted by atomic mass is 9.60. The topological polar surface area (TPSA) is 21.3 Å². The third-order valence-electron chi connectivity index (χ3n) is 5.18. The third kappa shape index (κ3) is 3.66. The Morgan fingerprint density at radius 1 is 0.786 bits per heavy atom. The van der Waals surface area contributed by atoms with Crippen molar-refractivity contribution < 1.29 is 4.74 Å². The van der Waals surface area contributed by atoms with E-state index in [0.717, 1.165) is 33.8 Å². The summed E-state index contributed by atoms with van der Waals surface area (Å²) < 4.78 is 6.28. The minimum Gasteiger partial charge on any atom is -0.458 e. The third-order valence-corrected chi connectivity index (χ3v) is 5.18. The van der Waals surface area contributed by atoms with Gasteiger partial charge in [0.15, 0.2) is 0 Å². The zero-order chi connectivity index (χ0) is 20.1. The molecule has 1 aliphatic heterocycles. The second-order valence-electron chi connectivity index (χ2n) is 8.97.